The van der Waals surface area contributed by atoms with Crippen molar-refractivity contribution in [3.63, 3.8) is 0 Å². The van der Waals surface area contributed by atoms with Crippen molar-refractivity contribution in [3.05, 3.63) is 23.8 Å². The summed E-state index contributed by atoms with van der Waals surface area (Å²) in [6, 6.07) is 3.70. The molecule has 0 aliphatic rings. The van der Waals surface area contributed by atoms with Crippen LogP contribution in [0.2, 0.25) is 0 Å². The molecule has 18 heavy (non-hydrogen) atoms. The fourth-order valence-electron chi connectivity index (χ4n) is 1.28. The summed E-state index contributed by atoms with van der Waals surface area (Å²) in [5, 5.41) is 0. The van der Waals surface area contributed by atoms with Gasteiger partial charge in [0.25, 0.3) is 0 Å². The summed E-state index contributed by atoms with van der Waals surface area (Å²) >= 11 is 4.84. The number of benzene rings is 1. The first kappa shape index (κ1) is 8.66. The lowest BCUT2D eigenvalue weighted by molar-refractivity contribution is 0.273. The maximum atomic E-state index is 11.6. The molecule has 0 heterocycles. The highest BCUT2D eigenvalue weighted by molar-refractivity contribution is 8.07. The van der Waals surface area contributed by atoms with E-state index in [9.17, 15) is 8.42 Å². The predicted octanol–water partition coefficient (Wildman–Crippen LogP) is 2.29. The van der Waals surface area contributed by atoms with Crippen LogP contribution in [-0.2, 0) is 30.7 Å². The van der Waals surface area contributed by atoms with Gasteiger partial charge in [0.1, 0.15) is 5.75 Å². The molecule has 1 aromatic rings. The standard InChI is InChI=1S/C10H15O5PS2/c1-8-7-9(15-16(17,13-2)14-3)5-6-10(8)18(4,11)12/h5-7H,1-4H3/i2D3,3D3. The van der Waals surface area contributed by atoms with E-state index < -0.39 is 30.6 Å². The van der Waals surface area contributed by atoms with Gasteiger partial charge in [-0.1, -0.05) is 0 Å². The fraction of sp³-hybridized carbons (Fsp3) is 0.400. The second-order valence-corrected chi connectivity index (χ2v) is 8.19. The second-order valence-electron chi connectivity index (χ2n) is 3.42. The molecule has 0 aromatic heterocycles. The zero-order valence-corrected chi connectivity index (χ0v) is 12.1. The van der Waals surface area contributed by atoms with Crippen molar-refractivity contribution >= 4 is 28.4 Å². The molecule has 0 unspecified atom stereocenters. The molecule has 0 spiro atoms. The van der Waals surface area contributed by atoms with Crippen molar-refractivity contribution in [1.82, 2.24) is 0 Å². The van der Waals surface area contributed by atoms with Gasteiger partial charge in [0.05, 0.1) is 13.1 Å². The third-order valence-corrected chi connectivity index (χ3v) is 4.80. The average Bonchev–Trinajstić information content (AvgIpc) is 2.19. The van der Waals surface area contributed by atoms with Gasteiger partial charge in [0, 0.05) is 32.1 Å². The SMILES string of the molecule is [2H]C([2H])([2H])OP(=S)(Oc1ccc(S(C)(=O)=O)c(C)c1)OC([2H])([2H])[2H]. The number of sulfone groups is 1. The molecule has 0 amide bonds. The monoisotopic (exact) mass is 316 g/mol. The third kappa shape index (κ3) is 3.76. The molecule has 5 nitrogen and oxygen atoms in total. The minimum atomic E-state index is -4.20. The van der Waals surface area contributed by atoms with E-state index in [1.54, 1.807) is 0 Å². The lowest BCUT2D eigenvalue weighted by atomic mass is 10.2. The smallest absolute Gasteiger partial charge is 0.380 e. The predicted molar refractivity (Wildman–Crippen MR) is 73.2 cm³/mol. The van der Waals surface area contributed by atoms with Gasteiger partial charge in [0.15, 0.2) is 9.84 Å². The van der Waals surface area contributed by atoms with E-state index in [1.807, 2.05) is 0 Å². The Morgan fingerprint density at radius 2 is 1.94 bits per heavy atom. The third-order valence-electron chi connectivity index (χ3n) is 1.99. The van der Waals surface area contributed by atoms with Gasteiger partial charge in [-0.25, -0.2) is 8.42 Å². The molecule has 1 aromatic carbocycles. The van der Waals surface area contributed by atoms with E-state index in [4.69, 9.17) is 24.6 Å². The Kier molecular flexibility index (Phi) is 2.73. The van der Waals surface area contributed by atoms with Gasteiger partial charge < -0.3 is 13.6 Å². The van der Waals surface area contributed by atoms with Crippen molar-refractivity contribution in [2.45, 2.75) is 11.8 Å². The molecular weight excluding hydrogens is 295 g/mol. The largest absolute Gasteiger partial charge is 0.424 e. The van der Waals surface area contributed by atoms with E-state index in [2.05, 4.69) is 9.05 Å². The van der Waals surface area contributed by atoms with E-state index in [1.165, 1.54) is 25.1 Å². The van der Waals surface area contributed by atoms with Crippen LogP contribution in [0, 0.1) is 6.92 Å². The van der Waals surface area contributed by atoms with Crippen molar-refractivity contribution < 1.29 is 30.2 Å². The number of rotatable bonds is 5. The first-order chi connectivity index (χ1) is 10.5. The molecule has 0 radical (unpaired) electrons. The zero-order chi connectivity index (χ0) is 19.0. The minimum absolute atomic E-state index is 0.0385. The van der Waals surface area contributed by atoms with Crippen LogP contribution in [0.3, 0.4) is 0 Å². The van der Waals surface area contributed by atoms with Crippen molar-refractivity contribution in [3.8, 4) is 5.75 Å². The molecule has 0 N–H and O–H groups in total. The van der Waals surface area contributed by atoms with Crippen molar-refractivity contribution in [1.29, 1.82) is 0 Å². The molecule has 0 aliphatic heterocycles. The summed E-state index contributed by atoms with van der Waals surface area (Å²) in [7, 11) is -9.54. The van der Waals surface area contributed by atoms with Crippen LogP contribution in [0.4, 0.5) is 0 Å². The first-order valence-electron chi connectivity index (χ1n) is 7.53. The van der Waals surface area contributed by atoms with Crippen LogP contribution in [0.25, 0.3) is 0 Å². The van der Waals surface area contributed by atoms with Gasteiger partial charge in [-0.3, -0.25) is 0 Å². The fourth-order valence-corrected chi connectivity index (χ4v) is 2.98. The van der Waals surface area contributed by atoms with Gasteiger partial charge in [-0.05, 0) is 30.7 Å². The van der Waals surface area contributed by atoms with E-state index in [-0.39, 0.29) is 10.6 Å². The molecule has 102 valence electrons. The van der Waals surface area contributed by atoms with Gasteiger partial charge >= 0.3 is 6.72 Å². The molecular formula is C10H15O5PS2. The molecule has 0 saturated heterocycles. The average molecular weight is 316 g/mol. The number of hydrogen-bond donors (Lipinski definition) is 0. The Hall–Kier alpha value is -0.460. The summed E-state index contributed by atoms with van der Waals surface area (Å²) < 4.78 is 79.8. The van der Waals surface area contributed by atoms with Crippen LogP contribution >= 0.6 is 6.72 Å². The van der Waals surface area contributed by atoms with E-state index in [0.717, 1.165) is 6.26 Å². The highest BCUT2D eigenvalue weighted by Crippen LogP contribution is 2.48. The lowest BCUT2D eigenvalue weighted by Gasteiger charge is -2.18. The Labute approximate surface area is 121 Å². The van der Waals surface area contributed by atoms with Crippen LogP contribution in [0.1, 0.15) is 13.8 Å². The Morgan fingerprint density at radius 3 is 2.39 bits per heavy atom. The van der Waals surface area contributed by atoms with Crippen LogP contribution in [-0.4, -0.2) is 28.7 Å². The van der Waals surface area contributed by atoms with Crippen molar-refractivity contribution in [2.24, 2.45) is 0 Å². The van der Waals surface area contributed by atoms with Crippen LogP contribution in [0.15, 0.2) is 23.1 Å². The molecule has 0 aliphatic carbocycles. The summed E-state index contributed by atoms with van der Waals surface area (Å²) in [5.41, 5.74) is 0.305. The normalized spacial score (nSPS) is 18.8. The summed E-state index contributed by atoms with van der Waals surface area (Å²) in [5.74, 6) is -0.0725. The molecule has 8 heteroatoms. The summed E-state index contributed by atoms with van der Waals surface area (Å²) in [4.78, 5) is 0.0385. The quantitative estimate of drug-likeness (QED) is 0.777. The summed E-state index contributed by atoms with van der Waals surface area (Å²) in [6.45, 7) is -2.71. The molecule has 0 fully saturated rings. The molecule has 0 atom stereocenters. The highest BCUT2D eigenvalue weighted by atomic mass is 32.5. The molecule has 0 saturated carbocycles. The van der Waals surface area contributed by atoms with Crippen molar-refractivity contribution in [2.75, 3.05) is 20.3 Å². The maximum Gasteiger partial charge on any atom is 0.380 e. The lowest BCUT2D eigenvalue weighted by Crippen LogP contribution is -2.01. The maximum absolute atomic E-state index is 11.6. The van der Waals surface area contributed by atoms with Crippen LogP contribution in [0.5, 0.6) is 5.75 Å². The Balaban J connectivity index is 3.20. The Bertz CT molecular complexity index is 738. The molecule has 0 bridgehead atoms. The zero-order valence-electron chi connectivity index (χ0n) is 15.5. The van der Waals surface area contributed by atoms with Gasteiger partial charge in [0.2, 0.25) is 0 Å². The highest BCUT2D eigenvalue weighted by Gasteiger charge is 2.19. The number of hydrogen-bond acceptors (Lipinski definition) is 6. The Morgan fingerprint density at radius 1 is 1.33 bits per heavy atom. The topological polar surface area (TPSA) is 61.8 Å². The molecule has 1 rings (SSSR count). The van der Waals surface area contributed by atoms with Gasteiger partial charge in [-0.15, -0.1) is 0 Å². The number of aryl methyl sites for hydroxylation is 1. The van der Waals surface area contributed by atoms with Crippen LogP contribution < -0.4 is 4.52 Å². The first-order valence-corrected chi connectivity index (χ1v) is 8.97. The second kappa shape index (κ2) is 5.67. The van der Waals surface area contributed by atoms with E-state index >= 15 is 0 Å². The van der Waals surface area contributed by atoms with E-state index in [0.29, 0.717) is 5.56 Å². The van der Waals surface area contributed by atoms with Gasteiger partial charge in [-0.2, -0.15) is 0 Å². The summed E-state index contributed by atoms with van der Waals surface area (Å²) in [6.07, 6.45) is 1.02. The minimum Gasteiger partial charge on any atom is -0.424 e.